The van der Waals surface area contributed by atoms with Gasteiger partial charge in [-0.3, -0.25) is 0 Å². The van der Waals surface area contributed by atoms with E-state index in [9.17, 15) is 17.6 Å². The predicted molar refractivity (Wildman–Crippen MR) is 89.0 cm³/mol. The van der Waals surface area contributed by atoms with Crippen molar-refractivity contribution in [3.63, 3.8) is 0 Å². The molecule has 2 amide bonds. The minimum absolute atomic E-state index is 0.0599. The highest BCUT2D eigenvalue weighted by Crippen LogP contribution is 2.17. The van der Waals surface area contributed by atoms with E-state index in [1.807, 2.05) is 0 Å². The molecule has 8 heteroatoms. The summed E-state index contributed by atoms with van der Waals surface area (Å²) >= 11 is 0. The fourth-order valence-electron chi connectivity index (χ4n) is 2.86. The maximum Gasteiger partial charge on any atom is 0.317 e. The third-order valence-electron chi connectivity index (χ3n) is 4.11. The molecule has 2 rings (SSSR count). The molecule has 0 bridgehead atoms. The molecular weight excluding hydrogens is 335 g/mol. The average molecular weight is 358 g/mol. The van der Waals surface area contributed by atoms with Gasteiger partial charge in [0.15, 0.2) is 9.84 Å². The molecule has 24 heavy (non-hydrogen) atoms. The van der Waals surface area contributed by atoms with Crippen molar-refractivity contribution in [2.45, 2.75) is 25.3 Å². The average Bonchev–Trinajstić information content (AvgIpc) is 2.90. The van der Waals surface area contributed by atoms with Crippen molar-refractivity contribution in [1.29, 1.82) is 0 Å². The van der Waals surface area contributed by atoms with Gasteiger partial charge in [0.2, 0.25) is 0 Å². The van der Waals surface area contributed by atoms with Crippen LogP contribution in [0.2, 0.25) is 0 Å². The first-order chi connectivity index (χ1) is 11.4. The first-order valence-corrected chi connectivity index (χ1v) is 9.84. The second-order valence-electron chi connectivity index (χ2n) is 5.90. The summed E-state index contributed by atoms with van der Waals surface area (Å²) in [5, 5.41) is 11.8. The summed E-state index contributed by atoms with van der Waals surface area (Å²) in [6.07, 6.45) is 1.47. The number of aryl methyl sites for hydroxylation is 1. The Morgan fingerprint density at radius 1 is 1.38 bits per heavy atom. The van der Waals surface area contributed by atoms with Crippen molar-refractivity contribution in [3.8, 4) is 0 Å². The Hall–Kier alpha value is -1.67. The molecule has 1 aliphatic heterocycles. The second-order valence-corrected chi connectivity index (χ2v) is 8.13. The third-order valence-corrected chi connectivity index (χ3v) is 5.86. The fourth-order valence-corrected chi connectivity index (χ4v) is 4.59. The van der Waals surface area contributed by atoms with Gasteiger partial charge in [0.25, 0.3) is 0 Å². The molecule has 1 aromatic rings. The maximum atomic E-state index is 13.5. The van der Waals surface area contributed by atoms with Gasteiger partial charge >= 0.3 is 6.03 Å². The zero-order valence-corrected chi connectivity index (χ0v) is 14.3. The standard InChI is InChI=1S/C16H23FN2O4S/c17-15-6-2-1-4-13(15)5-3-8-18-16(21)19(9-10-20)14-7-11-24(22,23)12-14/h1-2,4,6,14,20H,3,5,7-12H2,(H,18,21)/t14-/m0/s1. The van der Waals surface area contributed by atoms with E-state index in [-0.39, 0.29) is 36.5 Å². The van der Waals surface area contributed by atoms with Crippen molar-refractivity contribution < 1.29 is 22.7 Å². The van der Waals surface area contributed by atoms with Gasteiger partial charge in [0.05, 0.1) is 18.1 Å². The lowest BCUT2D eigenvalue weighted by Gasteiger charge is -2.27. The largest absolute Gasteiger partial charge is 0.395 e. The highest BCUT2D eigenvalue weighted by Gasteiger charge is 2.34. The van der Waals surface area contributed by atoms with Crippen LogP contribution in [0.3, 0.4) is 0 Å². The van der Waals surface area contributed by atoms with Crippen LogP contribution < -0.4 is 5.32 Å². The quantitative estimate of drug-likeness (QED) is 0.711. The van der Waals surface area contributed by atoms with Gasteiger partial charge in [-0.1, -0.05) is 18.2 Å². The molecule has 1 aromatic carbocycles. The van der Waals surface area contributed by atoms with Crippen LogP contribution in [-0.2, 0) is 16.3 Å². The number of aliphatic hydroxyl groups excluding tert-OH is 1. The molecule has 1 fully saturated rings. The van der Waals surface area contributed by atoms with Gasteiger partial charge < -0.3 is 15.3 Å². The molecule has 0 aromatic heterocycles. The predicted octanol–water partition coefficient (Wildman–Crippen LogP) is 0.949. The number of nitrogens with zero attached hydrogens (tertiary/aromatic N) is 1. The van der Waals surface area contributed by atoms with Crippen LogP contribution in [0.25, 0.3) is 0 Å². The lowest BCUT2D eigenvalue weighted by molar-refractivity contribution is 0.158. The Morgan fingerprint density at radius 2 is 2.12 bits per heavy atom. The molecule has 1 atom stereocenters. The van der Waals surface area contributed by atoms with Gasteiger partial charge in [-0.05, 0) is 30.9 Å². The summed E-state index contributed by atoms with van der Waals surface area (Å²) in [5.74, 6) is -0.252. The Kier molecular flexibility index (Phi) is 6.56. The molecule has 2 N–H and O–H groups in total. The van der Waals surface area contributed by atoms with E-state index in [1.54, 1.807) is 18.2 Å². The summed E-state index contributed by atoms with van der Waals surface area (Å²) in [4.78, 5) is 13.6. The van der Waals surface area contributed by atoms with Gasteiger partial charge in [0, 0.05) is 19.1 Å². The Balaban J connectivity index is 1.82. The van der Waals surface area contributed by atoms with E-state index in [0.29, 0.717) is 31.4 Å². The molecule has 0 unspecified atom stereocenters. The molecule has 1 saturated heterocycles. The molecule has 134 valence electrons. The number of sulfone groups is 1. The molecule has 1 heterocycles. The summed E-state index contributed by atoms with van der Waals surface area (Å²) in [5.41, 5.74) is 0.598. The number of amides is 2. The second kappa shape index (κ2) is 8.43. The zero-order chi connectivity index (χ0) is 17.6. The van der Waals surface area contributed by atoms with E-state index < -0.39 is 15.9 Å². The number of carbonyl (C=O) groups excluding carboxylic acids is 1. The van der Waals surface area contributed by atoms with E-state index >= 15 is 0 Å². The van der Waals surface area contributed by atoms with Crippen LogP contribution >= 0.6 is 0 Å². The smallest absolute Gasteiger partial charge is 0.317 e. The number of halogens is 1. The van der Waals surface area contributed by atoms with Crippen LogP contribution in [0.15, 0.2) is 24.3 Å². The minimum atomic E-state index is -3.10. The topological polar surface area (TPSA) is 86.7 Å². The number of aliphatic hydroxyl groups is 1. The van der Waals surface area contributed by atoms with E-state index in [0.717, 1.165) is 0 Å². The zero-order valence-electron chi connectivity index (χ0n) is 13.4. The Bertz CT molecular complexity index is 666. The number of hydrogen-bond donors (Lipinski definition) is 2. The summed E-state index contributed by atoms with van der Waals surface area (Å²) in [7, 11) is -3.10. The fraction of sp³-hybridized carbons (Fsp3) is 0.562. The van der Waals surface area contributed by atoms with Crippen molar-refractivity contribution in [1.82, 2.24) is 10.2 Å². The van der Waals surface area contributed by atoms with E-state index in [1.165, 1.54) is 11.0 Å². The minimum Gasteiger partial charge on any atom is -0.395 e. The van der Waals surface area contributed by atoms with Crippen LogP contribution in [0.4, 0.5) is 9.18 Å². The van der Waals surface area contributed by atoms with E-state index in [4.69, 9.17) is 5.11 Å². The molecule has 0 aliphatic carbocycles. The number of nitrogens with one attached hydrogen (secondary N) is 1. The molecular formula is C16H23FN2O4S. The third kappa shape index (κ3) is 5.17. The number of urea groups is 1. The first-order valence-electron chi connectivity index (χ1n) is 8.02. The van der Waals surface area contributed by atoms with Crippen LogP contribution in [0.1, 0.15) is 18.4 Å². The summed E-state index contributed by atoms with van der Waals surface area (Å²) < 4.78 is 36.6. The summed E-state index contributed by atoms with van der Waals surface area (Å²) in [6.45, 7) is 0.229. The molecule has 1 aliphatic rings. The summed E-state index contributed by atoms with van der Waals surface area (Å²) in [6, 6.07) is 5.72. The first kappa shape index (κ1) is 18.7. The number of carbonyl (C=O) groups is 1. The molecule has 0 saturated carbocycles. The highest BCUT2D eigenvalue weighted by molar-refractivity contribution is 7.91. The number of hydrogen-bond acceptors (Lipinski definition) is 4. The van der Waals surface area contributed by atoms with Crippen LogP contribution in [-0.4, -0.2) is 61.7 Å². The SMILES string of the molecule is O=C(NCCCc1ccccc1F)N(CCO)[C@H]1CCS(=O)(=O)C1. The van der Waals surface area contributed by atoms with Crippen molar-refractivity contribution in [2.24, 2.45) is 0 Å². The van der Waals surface area contributed by atoms with Crippen molar-refractivity contribution in [3.05, 3.63) is 35.6 Å². The Morgan fingerprint density at radius 3 is 2.75 bits per heavy atom. The van der Waals surface area contributed by atoms with Gasteiger partial charge in [0.1, 0.15) is 5.82 Å². The number of rotatable bonds is 7. The highest BCUT2D eigenvalue weighted by atomic mass is 32.2. The molecule has 0 spiro atoms. The van der Waals surface area contributed by atoms with Gasteiger partial charge in [-0.2, -0.15) is 0 Å². The van der Waals surface area contributed by atoms with Crippen LogP contribution in [0.5, 0.6) is 0 Å². The normalized spacial score (nSPS) is 19.2. The van der Waals surface area contributed by atoms with Gasteiger partial charge in [-0.15, -0.1) is 0 Å². The molecule has 0 radical (unpaired) electrons. The molecule has 6 nitrogen and oxygen atoms in total. The Labute approximate surface area is 141 Å². The maximum absolute atomic E-state index is 13.5. The number of benzene rings is 1. The lowest BCUT2D eigenvalue weighted by Crippen LogP contribution is -2.48. The van der Waals surface area contributed by atoms with E-state index in [2.05, 4.69) is 5.32 Å². The van der Waals surface area contributed by atoms with Crippen LogP contribution in [0, 0.1) is 5.82 Å². The van der Waals surface area contributed by atoms with Crippen molar-refractivity contribution >= 4 is 15.9 Å². The van der Waals surface area contributed by atoms with Crippen molar-refractivity contribution in [2.75, 3.05) is 31.2 Å². The van der Waals surface area contributed by atoms with Gasteiger partial charge in [-0.25, -0.2) is 17.6 Å². The lowest BCUT2D eigenvalue weighted by atomic mass is 10.1. The monoisotopic (exact) mass is 358 g/mol.